The maximum Gasteiger partial charge on any atom is 0.196 e. The summed E-state index contributed by atoms with van der Waals surface area (Å²) in [7, 11) is 0. The van der Waals surface area contributed by atoms with Crippen molar-refractivity contribution in [2.45, 2.75) is 20.3 Å². The Labute approximate surface area is 141 Å². The number of rotatable bonds is 6. The molecule has 5 heteroatoms. The minimum Gasteiger partial charge on any atom is -0.441 e. The zero-order chi connectivity index (χ0) is 14.5. The van der Waals surface area contributed by atoms with E-state index >= 15 is 0 Å². The maximum atomic E-state index is 5.83. The highest BCUT2D eigenvalue weighted by Gasteiger charge is 2.10. The minimum atomic E-state index is 0.664. The number of aromatic nitrogens is 1. The van der Waals surface area contributed by atoms with Gasteiger partial charge in [-0.05, 0) is 53.3 Å². The van der Waals surface area contributed by atoms with Gasteiger partial charge in [-0.25, -0.2) is 4.98 Å². The Morgan fingerprint density at radius 3 is 2.95 bits per heavy atom. The fraction of sp³-hybridized carbons (Fsp3) is 0.400. The van der Waals surface area contributed by atoms with Gasteiger partial charge >= 0.3 is 0 Å². The highest BCUT2D eigenvalue weighted by molar-refractivity contribution is 14.1. The lowest BCUT2D eigenvalue weighted by Crippen LogP contribution is -2.22. The van der Waals surface area contributed by atoms with Crippen molar-refractivity contribution in [2.75, 3.05) is 13.1 Å². The summed E-state index contributed by atoms with van der Waals surface area (Å²) >= 11 is 5.85. The fourth-order valence-corrected chi connectivity index (χ4v) is 2.76. The molecule has 3 nitrogen and oxygen atoms in total. The highest BCUT2D eigenvalue weighted by Crippen LogP contribution is 2.30. The van der Waals surface area contributed by atoms with Gasteiger partial charge in [0.2, 0.25) is 0 Å². The van der Waals surface area contributed by atoms with Gasteiger partial charge in [-0.15, -0.1) is 0 Å². The quantitative estimate of drug-likeness (QED) is 0.522. The first-order chi connectivity index (χ1) is 9.56. The van der Waals surface area contributed by atoms with Gasteiger partial charge in [-0.1, -0.05) is 29.8 Å². The normalized spacial score (nSPS) is 11.2. The molecule has 108 valence electrons. The average Bonchev–Trinajstić information content (AvgIpc) is 2.86. The third-order valence-electron chi connectivity index (χ3n) is 2.82. The lowest BCUT2D eigenvalue weighted by molar-refractivity contribution is 0.483. The zero-order valence-corrected chi connectivity index (χ0v) is 15.4. The molecular formula is C15H18BrIN2O. The fourth-order valence-electron chi connectivity index (χ4n) is 1.82. The second-order valence-electron chi connectivity index (χ2n) is 5.09. The predicted molar refractivity (Wildman–Crippen MR) is 93.8 cm³/mol. The van der Waals surface area contributed by atoms with Crippen molar-refractivity contribution in [1.29, 1.82) is 0 Å². The van der Waals surface area contributed by atoms with Crippen molar-refractivity contribution >= 4 is 38.5 Å². The molecule has 0 saturated carbocycles. The van der Waals surface area contributed by atoms with Crippen molar-refractivity contribution < 1.29 is 4.42 Å². The van der Waals surface area contributed by atoms with Gasteiger partial charge in [-0.3, -0.25) is 0 Å². The van der Waals surface area contributed by atoms with E-state index in [0.717, 1.165) is 41.2 Å². The van der Waals surface area contributed by atoms with E-state index in [2.05, 4.69) is 74.8 Å². The predicted octanol–water partition coefficient (Wildman–Crippen LogP) is 4.50. The van der Waals surface area contributed by atoms with E-state index in [9.17, 15) is 0 Å². The molecule has 0 spiro atoms. The van der Waals surface area contributed by atoms with Gasteiger partial charge in [0.05, 0.1) is 6.20 Å². The van der Waals surface area contributed by atoms with Crippen molar-refractivity contribution in [3.05, 3.63) is 38.3 Å². The van der Waals surface area contributed by atoms with Gasteiger partial charge in [0.15, 0.2) is 11.7 Å². The first-order valence-corrected chi connectivity index (χ1v) is 8.54. The molecule has 2 rings (SSSR count). The Morgan fingerprint density at radius 2 is 2.20 bits per heavy atom. The molecule has 1 aromatic carbocycles. The Balaban J connectivity index is 2.00. The van der Waals surface area contributed by atoms with E-state index in [1.807, 2.05) is 6.07 Å². The Morgan fingerprint density at radius 1 is 1.40 bits per heavy atom. The van der Waals surface area contributed by atoms with Gasteiger partial charge in [0, 0.05) is 26.6 Å². The standard InChI is InChI=1S/C15H18BrIN2O/c1-10(2)8-18-6-5-15-19-9-14(20-15)12-7-11(17)3-4-13(12)16/h3-4,7,9-10,18H,5-6,8H2,1-2H3. The number of nitrogens with one attached hydrogen (secondary N) is 1. The second-order valence-corrected chi connectivity index (χ2v) is 7.19. The molecule has 0 aliphatic carbocycles. The Hall–Kier alpha value is -0.400. The molecule has 0 bridgehead atoms. The van der Waals surface area contributed by atoms with Gasteiger partial charge in [-0.2, -0.15) is 0 Å². The van der Waals surface area contributed by atoms with Crippen LogP contribution in [-0.4, -0.2) is 18.1 Å². The first-order valence-electron chi connectivity index (χ1n) is 6.67. The third kappa shape index (κ3) is 4.56. The van der Waals surface area contributed by atoms with Gasteiger partial charge in [0.1, 0.15) is 0 Å². The van der Waals surface area contributed by atoms with E-state index < -0.39 is 0 Å². The van der Waals surface area contributed by atoms with E-state index in [1.54, 1.807) is 6.20 Å². The number of nitrogens with zero attached hydrogens (tertiary/aromatic N) is 1. The molecule has 0 atom stereocenters. The van der Waals surface area contributed by atoms with Gasteiger partial charge in [0.25, 0.3) is 0 Å². The van der Waals surface area contributed by atoms with Crippen LogP contribution < -0.4 is 5.32 Å². The summed E-state index contributed by atoms with van der Waals surface area (Å²) in [6.45, 7) is 6.32. The molecule has 0 aliphatic heterocycles. The van der Waals surface area contributed by atoms with Crippen LogP contribution in [0.2, 0.25) is 0 Å². The van der Waals surface area contributed by atoms with E-state index in [4.69, 9.17) is 4.42 Å². The van der Waals surface area contributed by atoms with Crippen molar-refractivity contribution in [2.24, 2.45) is 5.92 Å². The van der Waals surface area contributed by atoms with Crippen molar-refractivity contribution in [1.82, 2.24) is 10.3 Å². The van der Waals surface area contributed by atoms with Gasteiger partial charge < -0.3 is 9.73 Å². The van der Waals surface area contributed by atoms with Crippen LogP contribution in [-0.2, 0) is 6.42 Å². The molecule has 0 fully saturated rings. The number of hydrogen-bond acceptors (Lipinski definition) is 3. The summed E-state index contributed by atoms with van der Waals surface area (Å²) in [6, 6.07) is 6.18. The van der Waals surface area contributed by atoms with Crippen molar-refractivity contribution in [3.63, 3.8) is 0 Å². The van der Waals surface area contributed by atoms with Crippen LogP contribution in [0.15, 0.2) is 33.3 Å². The summed E-state index contributed by atoms with van der Waals surface area (Å²) in [5.41, 5.74) is 1.05. The second kappa shape index (κ2) is 7.56. The highest BCUT2D eigenvalue weighted by atomic mass is 127. The Kier molecular flexibility index (Phi) is 6.04. The summed E-state index contributed by atoms with van der Waals surface area (Å²) in [6.07, 6.45) is 2.61. The Bertz CT molecular complexity index is 569. The summed E-state index contributed by atoms with van der Waals surface area (Å²) in [4.78, 5) is 4.35. The third-order valence-corrected chi connectivity index (χ3v) is 4.18. The summed E-state index contributed by atoms with van der Waals surface area (Å²) < 4.78 is 8.03. The molecule has 0 radical (unpaired) electrons. The SMILES string of the molecule is CC(C)CNCCc1ncc(-c2cc(I)ccc2Br)o1. The van der Waals surface area contributed by atoms with E-state index in [1.165, 1.54) is 3.57 Å². The number of oxazole rings is 1. The molecule has 1 N–H and O–H groups in total. The maximum absolute atomic E-state index is 5.83. The summed E-state index contributed by atoms with van der Waals surface area (Å²) in [5.74, 6) is 2.26. The monoisotopic (exact) mass is 448 g/mol. The van der Waals surface area contributed by atoms with Crippen LogP contribution in [0.4, 0.5) is 0 Å². The lowest BCUT2D eigenvalue weighted by atomic mass is 10.2. The van der Waals surface area contributed by atoms with Crippen LogP contribution in [0.5, 0.6) is 0 Å². The molecule has 1 heterocycles. The molecule has 0 aliphatic rings. The molecule has 1 aromatic heterocycles. The number of halogens is 2. The molecule has 2 aromatic rings. The van der Waals surface area contributed by atoms with E-state index in [-0.39, 0.29) is 0 Å². The first kappa shape index (κ1) is 16.0. The largest absolute Gasteiger partial charge is 0.441 e. The van der Waals surface area contributed by atoms with Crippen LogP contribution in [0.1, 0.15) is 19.7 Å². The van der Waals surface area contributed by atoms with E-state index in [0.29, 0.717) is 5.92 Å². The smallest absolute Gasteiger partial charge is 0.196 e. The van der Waals surface area contributed by atoms with Crippen LogP contribution in [0.3, 0.4) is 0 Å². The average molecular weight is 449 g/mol. The topological polar surface area (TPSA) is 38.1 Å². The molecule has 0 unspecified atom stereocenters. The number of hydrogen-bond donors (Lipinski definition) is 1. The minimum absolute atomic E-state index is 0.664. The molecule has 0 saturated heterocycles. The van der Waals surface area contributed by atoms with Crippen LogP contribution >= 0.6 is 38.5 Å². The van der Waals surface area contributed by atoms with Crippen molar-refractivity contribution in [3.8, 4) is 11.3 Å². The zero-order valence-electron chi connectivity index (χ0n) is 11.6. The molecular weight excluding hydrogens is 431 g/mol. The molecule has 20 heavy (non-hydrogen) atoms. The summed E-state index contributed by atoms with van der Waals surface area (Å²) in [5, 5.41) is 3.39. The van der Waals surface area contributed by atoms with Crippen LogP contribution in [0, 0.1) is 9.49 Å². The molecule has 0 amide bonds. The number of benzene rings is 1. The van der Waals surface area contributed by atoms with Crippen LogP contribution in [0.25, 0.3) is 11.3 Å². The lowest BCUT2D eigenvalue weighted by Gasteiger charge is -2.05.